The molecule has 0 aromatic carbocycles. The van der Waals surface area contributed by atoms with Gasteiger partial charge in [-0.15, -0.1) is 5.10 Å². The van der Waals surface area contributed by atoms with Crippen molar-refractivity contribution in [1.29, 1.82) is 0 Å². The monoisotopic (exact) mass is 372 g/mol. The molecule has 2 aromatic rings. The van der Waals surface area contributed by atoms with Crippen molar-refractivity contribution in [3.8, 4) is 0 Å². The maximum Gasteiger partial charge on any atom is 0.303 e. The molecular formula is C13H14BrFN4O3. The third-order valence-corrected chi connectivity index (χ3v) is 3.93. The lowest BCUT2D eigenvalue weighted by Gasteiger charge is -2.31. The zero-order chi connectivity index (χ0) is 15.7. The Labute approximate surface area is 133 Å². The van der Waals surface area contributed by atoms with Gasteiger partial charge in [0.25, 0.3) is 0 Å². The lowest BCUT2D eigenvalue weighted by atomic mass is 10.1. The highest BCUT2D eigenvalue weighted by Crippen LogP contribution is 2.20. The Hall–Kier alpha value is -1.74. The Balaban J connectivity index is 1.81. The second-order valence-corrected chi connectivity index (χ2v) is 5.77. The van der Waals surface area contributed by atoms with Crippen molar-refractivity contribution in [1.82, 2.24) is 14.6 Å². The minimum Gasteiger partial charge on any atom is -0.458 e. The number of rotatable bonds is 3. The van der Waals surface area contributed by atoms with Crippen LogP contribution in [0.2, 0.25) is 0 Å². The van der Waals surface area contributed by atoms with Gasteiger partial charge in [-0.2, -0.15) is 0 Å². The van der Waals surface area contributed by atoms with E-state index in [1.807, 2.05) is 0 Å². The van der Waals surface area contributed by atoms with Gasteiger partial charge in [-0.05, 0) is 22.4 Å². The van der Waals surface area contributed by atoms with Crippen molar-refractivity contribution in [2.75, 3.05) is 18.5 Å². The number of fused-ring (bicyclic) bond motifs is 1. The second-order valence-electron chi connectivity index (χ2n) is 4.96. The van der Waals surface area contributed by atoms with Crippen molar-refractivity contribution in [2.24, 2.45) is 0 Å². The predicted molar refractivity (Wildman–Crippen MR) is 79.0 cm³/mol. The number of nitrogens with zero attached hydrogens (tertiary/aromatic N) is 3. The van der Waals surface area contributed by atoms with Gasteiger partial charge in [0.05, 0.1) is 18.8 Å². The zero-order valence-electron chi connectivity index (χ0n) is 11.8. The molecule has 1 aliphatic rings. The topological polar surface area (TPSA) is 77.8 Å². The first kappa shape index (κ1) is 15.2. The van der Waals surface area contributed by atoms with Crippen LogP contribution < -0.4 is 5.32 Å². The number of carbonyl (C=O) groups is 1. The highest BCUT2D eigenvalue weighted by atomic mass is 79.9. The van der Waals surface area contributed by atoms with Crippen LogP contribution >= 0.6 is 15.9 Å². The molecule has 0 bridgehead atoms. The summed E-state index contributed by atoms with van der Waals surface area (Å²) < 4.78 is 26.0. The van der Waals surface area contributed by atoms with Gasteiger partial charge >= 0.3 is 5.97 Å². The average molecular weight is 373 g/mol. The fourth-order valence-electron chi connectivity index (χ4n) is 2.35. The summed E-state index contributed by atoms with van der Waals surface area (Å²) in [4.78, 5) is 15.2. The maximum absolute atomic E-state index is 13.6. The number of hydrogen-bond donors (Lipinski definition) is 1. The van der Waals surface area contributed by atoms with Crippen molar-refractivity contribution in [3.05, 3.63) is 22.7 Å². The van der Waals surface area contributed by atoms with Gasteiger partial charge in [0.2, 0.25) is 5.95 Å². The van der Waals surface area contributed by atoms with E-state index in [1.54, 1.807) is 0 Å². The van der Waals surface area contributed by atoms with Gasteiger partial charge in [-0.25, -0.2) is 13.9 Å². The summed E-state index contributed by atoms with van der Waals surface area (Å²) in [6, 6.07) is 1.17. The number of halogens is 2. The SMILES string of the molecule is CC(=O)OC1COCC[C@H]1Nc1ncc2c(F)cc(Br)n2n1. The first-order chi connectivity index (χ1) is 10.5. The molecule has 1 aliphatic heterocycles. The molecule has 0 spiro atoms. The zero-order valence-corrected chi connectivity index (χ0v) is 13.3. The molecule has 1 saturated heterocycles. The second kappa shape index (κ2) is 6.17. The summed E-state index contributed by atoms with van der Waals surface area (Å²) in [5.41, 5.74) is 0.279. The third-order valence-electron chi connectivity index (χ3n) is 3.36. The van der Waals surface area contributed by atoms with Gasteiger partial charge in [0.15, 0.2) is 5.82 Å². The standard InChI is InChI=1S/C13H14BrFN4O3/c1-7(20)22-11-6-21-3-2-9(11)17-13-16-5-10-8(15)4-12(14)19(10)18-13/h4-5,9,11H,2-3,6H2,1H3,(H,17,18)/t9-,11?/m1/s1. The minimum absolute atomic E-state index is 0.158. The van der Waals surface area contributed by atoms with Crippen LogP contribution in [0.25, 0.3) is 5.52 Å². The molecule has 0 aliphatic carbocycles. The van der Waals surface area contributed by atoms with E-state index in [0.29, 0.717) is 30.2 Å². The Morgan fingerprint density at radius 1 is 1.64 bits per heavy atom. The van der Waals surface area contributed by atoms with E-state index in [2.05, 4.69) is 31.3 Å². The number of esters is 1. The molecule has 1 N–H and O–H groups in total. The van der Waals surface area contributed by atoms with Crippen molar-refractivity contribution >= 4 is 33.4 Å². The molecule has 0 radical (unpaired) electrons. The average Bonchev–Trinajstić information content (AvgIpc) is 2.75. The first-order valence-electron chi connectivity index (χ1n) is 6.76. The molecule has 7 nitrogen and oxygen atoms in total. The van der Waals surface area contributed by atoms with E-state index >= 15 is 0 Å². The number of aromatic nitrogens is 3. The number of nitrogens with one attached hydrogen (secondary N) is 1. The Morgan fingerprint density at radius 3 is 3.23 bits per heavy atom. The summed E-state index contributed by atoms with van der Waals surface area (Å²) >= 11 is 3.24. The summed E-state index contributed by atoms with van der Waals surface area (Å²) in [6.07, 6.45) is 1.64. The Bertz CT molecular complexity index is 708. The number of ether oxygens (including phenoxy) is 2. The van der Waals surface area contributed by atoms with E-state index in [0.717, 1.165) is 0 Å². The molecule has 3 rings (SSSR count). The summed E-state index contributed by atoms with van der Waals surface area (Å²) in [6.45, 7) is 2.23. The van der Waals surface area contributed by atoms with Crippen LogP contribution in [0, 0.1) is 5.82 Å². The van der Waals surface area contributed by atoms with E-state index in [1.165, 1.54) is 23.7 Å². The van der Waals surface area contributed by atoms with E-state index < -0.39 is 11.9 Å². The summed E-state index contributed by atoms with van der Waals surface area (Å²) in [7, 11) is 0. The fourth-order valence-corrected chi connectivity index (χ4v) is 2.83. The van der Waals surface area contributed by atoms with Crippen molar-refractivity contribution in [2.45, 2.75) is 25.5 Å². The van der Waals surface area contributed by atoms with Crippen LogP contribution in [-0.4, -0.2) is 45.9 Å². The molecule has 0 saturated carbocycles. The molecule has 1 fully saturated rings. The predicted octanol–water partition coefficient (Wildman–Crippen LogP) is 1.76. The van der Waals surface area contributed by atoms with Crippen molar-refractivity contribution in [3.63, 3.8) is 0 Å². The highest BCUT2D eigenvalue weighted by Gasteiger charge is 2.29. The first-order valence-corrected chi connectivity index (χ1v) is 7.55. The van der Waals surface area contributed by atoms with Crippen molar-refractivity contribution < 1.29 is 18.7 Å². The highest BCUT2D eigenvalue weighted by molar-refractivity contribution is 9.10. The van der Waals surface area contributed by atoms with Gasteiger partial charge in [0.1, 0.15) is 16.2 Å². The molecular weight excluding hydrogens is 359 g/mol. The Morgan fingerprint density at radius 2 is 2.45 bits per heavy atom. The smallest absolute Gasteiger partial charge is 0.303 e. The van der Waals surface area contributed by atoms with Gasteiger partial charge in [-0.1, -0.05) is 0 Å². The van der Waals surface area contributed by atoms with Crippen LogP contribution in [0.5, 0.6) is 0 Å². The fraction of sp³-hybridized carbons (Fsp3) is 0.462. The molecule has 22 heavy (non-hydrogen) atoms. The normalized spacial score (nSPS) is 21.8. The molecule has 9 heteroatoms. The van der Waals surface area contributed by atoms with Gasteiger partial charge < -0.3 is 14.8 Å². The summed E-state index contributed by atoms with van der Waals surface area (Å²) in [5, 5.41) is 7.35. The lowest BCUT2D eigenvalue weighted by Crippen LogP contribution is -2.44. The van der Waals surface area contributed by atoms with Crippen LogP contribution in [0.1, 0.15) is 13.3 Å². The van der Waals surface area contributed by atoms with Crippen LogP contribution in [0.4, 0.5) is 10.3 Å². The molecule has 118 valence electrons. The van der Waals surface area contributed by atoms with Crippen LogP contribution in [0.15, 0.2) is 16.9 Å². The molecule has 3 heterocycles. The van der Waals surface area contributed by atoms with E-state index in [4.69, 9.17) is 9.47 Å². The Kier molecular flexibility index (Phi) is 4.25. The molecule has 1 unspecified atom stereocenters. The largest absolute Gasteiger partial charge is 0.458 e. The number of hydrogen-bond acceptors (Lipinski definition) is 6. The third kappa shape index (κ3) is 3.05. The van der Waals surface area contributed by atoms with E-state index in [-0.39, 0.29) is 17.5 Å². The minimum atomic E-state index is -0.407. The van der Waals surface area contributed by atoms with Gasteiger partial charge in [0, 0.05) is 19.6 Å². The van der Waals surface area contributed by atoms with Crippen LogP contribution in [0.3, 0.4) is 0 Å². The quantitative estimate of drug-likeness (QED) is 0.827. The number of anilines is 1. The molecule has 0 amide bonds. The maximum atomic E-state index is 13.6. The van der Waals surface area contributed by atoms with Crippen LogP contribution in [-0.2, 0) is 14.3 Å². The van der Waals surface area contributed by atoms with Gasteiger partial charge in [-0.3, -0.25) is 4.79 Å². The van der Waals surface area contributed by atoms with E-state index in [9.17, 15) is 9.18 Å². The lowest BCUT2D eigenvalue weighted by molar-refractivity contribution is -0.153. The number of carbonyl (C=O) groups excluding carboxylic acids is 1. The summed E-state index contributed by atoms with van der Waals surface area (Å²) in [5.74, 6) is -0.441. The molecule has 2 aromatic heterocycles. The molecule has 2 atom stereocenters.